The number of benzene rings is 4. The largest absolute Gasteiger partial charge is 0.474 e. The van der Waals surface area contributed by atoms with E-state index in [9.17, 15) is 9.36 Å². The topological polar surface area (TPSA) is 87.2 Å². The maximum atomic E-state index is 15.6. The zero-order valence-electron chi connectivity index (χ0n) is 27.5. The molecule has 5 aromatic rings. The first-order chi connectivity index (χ1) is 24.4. The molecule has 268 valence electrons. The minimum atomic E-state index is -4.82. The summed E-state index contributed by atoms with van der Waals surface area (Å²) in [5.41, 5.74) is -1.19. The van der Waals surface area contributed by atoms with Crippen LogP contribution in [0.1, 0.15) is 36.6 Å². The Bertz CT molecular complexity index is 2030. The van der Waals surface area contributed by atoms with Crippen molar-refractivity contribution in [3.63, 3.8) is 0 Å². The molecule has 8 nitrogen and oxygen atoms in total. The third-order valence-corrected chi connectivity index (χ3v) is 11.9. The summed E-state index contributed by atoms with van der Waals surface area (Å²) in [6, 6.07) is 25.6. The molecule has 0 aliphatic carbocycles. The molecule has 1 aromatic heterocycles. The van der Waals surface area contributed by atoms with E-state index >= 15 is 8.78 Å². The number of aromatic nitrogens is 1. The molecule has 0 spiro atoms. The lowest BCUT2D eigenvalue weighted by atomic mass is 10.1. The van der Waals surface area contributed by atoms with Crippen molar-refractivity contribution in [3.8, 4) is 17.0 Å². The smallest absolute Gasteiger partial charge is 0.404 e. The van der Waals surface area contributed by atoms with Gasteiger partial charge in [0.05, 0.1) is 42.6 Å². The number of alkyl halides is 2. The molecule has 0 radical (unpaired) electrons. The van der Waals surface area contributed by atoms with Gasteiger partial charge in [-0.25, -0.2) is 9.78 Å². The van der Waals surface area contributed by atoms with E-state index in [1.165, 1.54) is 50.5 Å². The van der Waals surface area contributed by atoms with Gasteiger partial charge in [-0.3, -0.25) is 4.57 Å². The Hall–Kier alpha value is -3.35. The van der Waals surface area contributed by atoms with Crippen LogP contribution < -0.4 is 9.64 Å². The highest BCUT2D eigenvalue weighted by Crippen LogP contribution is 2.67. The Labute approximate surface area is 316 Å². The maximum absolute atomic E-state index is 15.6. The number of carbonyl (C=O) groups is 1. The Balaban J connectivity index is 1.47. The molecule has 0 amide bonds. The van der Waals surface area contributed by atoms with Gasteiger partial charge in [0.1, 0.15) is 5.75 Å². The van der Waals surface area contributed by atoms with Gasteiger partial charge in [-0.15, -0.1) is 11.3 Å². The lowest BCUT2D eigenvalue weighted by Crippen LogP contribution is -2.20. The first kappa shape index (κ1) is 38.9. The molecule has 0 saturated heterocycles. The lowest BCUT2D eigenvalue weighted by Gasteiger charge is -2.27. The van der Waals surface area contributed by atoms with E-state index in [0.717, 1.165) is 5.56 Å². The molecule has 1 atom stereocenters. The third-order valence-electron chi connectivity index (χ3n) is 7.48. The van der Waals surface area contributed by atoms with Crippen molar-refractivity contribution in [2.24, 2.45) is 0 Å². The number of methoxy groups -OCH3 is 1. The fraction of sp³-hybridized carbons (Fsp3) is 0.222. The maximum Gasteiger partial charge on any atom is 0.404 e. The number of thiazole rings is 1. The molecule has 0 bridgehead atoms. The standard InChI is InChI=1S/C36H32BrCl2F2N2O6PS/c1-4-47-50(45,48-5-2)36(40,41)28-16-14-23(18-29(28)37)21-43(26-15-17-30(38)31(39)20-26)35-42-32(22-51-35)25-12-9-13-27(19-25)49-33(34(44)46-3)24-10-7-6-8-11-24/h6-20,22,33H,4-5,21H2,1-3H3. The van der Waals surface area contributed by atoms with E-state index in [0.29, 0.717) is 43.4 Å². The van der Waals surface area contributed by atoms with E-state index in [1.54, 1.807) is 48.5 Å². The van der Waals surface area contributed by atoms with Crippen LogP contribution in [-0.2, 0) is 35.4 Å². The van der Waals surface area contributed by atoms with Gasteiger partial charge >= 0.3 is 19.2 Å². The van der Waals surface area contributed by atoms with Crippen molar-refractivity contribution in [2.45, 2.75) is 32.2 Å². The molecule has 1 unspecified atom stereocenters. The predicted octanol–water partition coefficient (Wildman–Crippen LogP) is 11.8. The minimum absolute atomic E-state index is 0.0242. The van der Waals surface area contributed by atoms with E-state index in [1.807, 2.05) is 34.5 Å². The van der Waals surface area contributed by atoms with E-state index < -0.39 is 30.9 Å². The molecular formula is C36H32BrCl2F2N2O6PS. The number of hydrogen-bond acceptors (Lipinski definition) is 9. The number of rotatable bonds is 15. The number of anilines is 2. The molecule has 5 rings (SSSR count). The molecule has 51 heavy (non-hydrogen) atoms. The van der Waals surface area contributed by atoms with Gasteiger partial charge in [-0.2, -0.15) is 8.78 Å². The third kappa shape index (κ3) is 8.83. The van der Waals surface area contributed by atoms with Gasteiger partial charge in [0.25, 0.3) is 0 Å². The van der Waals surface area contributed by atoms with Gasteiger partial charge in [-0.1, -0.05) is 93.7 Å². The number of carbonyl (C=O) groups excluding carboxylic acids is 1. The second kappa shape index (κ2) is 17.0. The van der Waals surface area contributed by atoms with Crippen LogP contribution in [0.15, 0.2) is 101 Å². The summed E-state index contributed by atoms with van der Waals surface area (Å²) < 4.78 is 65.4. The predicted molar refractivity (Wildman–Crippen MR) is 201 cm³/mol. The van der Waals surface area contributed by atoms with Crippen LogP contribution in [0.3, 0.4) is 0 Å². The summed E-state index contributed by atoms with van der Waals surface area (Å²) in [6.45, 7) is 2.70. The van der Waals surface area contributed by atoms with Crippen molar-refractivity contribution >= 4 is 74.9 Å². The van der Waals surface area contributed by atoms with E-state index in [2.05, 4.69) is 15.9 Å². The first-order valence-electron chi connectivity index (χ1n) is 15.5. The summed E-state index contributed by atoms with van der Waals surface area (Å²) in [4.78, 5) is 19.4. The SMILES string of the molecule is CCOP(=O)(OCC)C(F)(F)c1ccc(CN(c2ccc(Cl)c(Cl)c2)c2nc(-c3cccc(OC(C(=O)OC)c4ccccc4)c3)cs2)cc1Br. The highest BCUT2D eigenvalue weighted by atomic mass is 79.9. The second-order valence-corrected chi connectivity index (χ2v) is 15.4. The Kier molecular flexibility index (Phi) is 12.9. The van der Waals surface area contributed by atoms with Crippen molar-refractivity contribution < 1.29 is 36.7 Å². The molecule has 4 aromatic carbocycles. The van der Waals surface area contributed by atoms with Crippen molar-refractivity contribution in [1.29, 1.82) is 0 Å². The summed E-state index contributed by atoms with van der Waals surface area (Å²) in [5, 5.41) is 3.11. The normalized spacial score (nSPS) is 12.4. The fourth-order valence-corrected chi connectivity index (χ4v) is 8.61. The molecule has 15 heteroatoms. The van der Waals surface area contributed by atoms with Crippen LogP contribution in [0.2, 0.25) is 10.0 Å². The second-order valence-electron chi connectivity index (χ2n) is 10.8. The first-order valence-corrected chi connectivity index (χ1v) is 19.5. The number of halogens is 5. The van der Waals surface area contributed by atoms with Gasteiger partial charge in [-0.05, 0) is 55.8 Å². The van der Waals surface area contributed by atoms with Crippen molar-refractivity contribution in [3.05, 3.63) is 128 Å². The van der Waals surface area contributed by atoms with Crippen molar-refractivity contribution in [2.75, 3.05) is 25.2 Å². The van der Waals surface area contributed by atoms with Crippen LogP contribution in [0, 0.1) is 0 Å². The lowest BCUT2D eigenvalue weighted by molar-refractivity contribution is -0.149. The van der Waals surface area contributed by atoms with Crippen LogP contribution in [0.4, 0.5) is 19.6 Å². The molecule has 1 heterocycles. The van der Waals surface area contributed by atoms with Gasteiger partial charge in [0.15, 0.2) is 5.13 Å². The van der Waals surface area contributed by atoms with Gasteiger partial charge in [0.2, 0.25) is 6.10 Å². The average Bonchev–Trinajstić information content (AvgIpc) is 3.61. The van der Waals surface area contributed by atoms with Crippen LogP contribution >= 0.6 is 58.1 Å². The van der Waals surface area contributed by atoms with Crippen LogP contribution in [0.25, 0.3) is 11.3 Å². The number of nitrogens with zero attached hydrogens (tertiary/aromatic N) is 2. The van der Waals surface area contributed by atoms with Gasteiger partial charge in [0, 0.05) is 32.2 Å². The number of ether oxygens (including phenoxy) is 2. The zero-order chi connectivity index (χ0) is 36.8. The number of esters is 1. The molecular weight excluding hydrogens is 808 g/mol. The highest BCUT2D eigenvalue weighted by molar-refractivity contribution is 9.10. The number of hydrogen-bond donors (Lipinski definition) is 0. The Morgan fingerprint density at radius 2 is 1.69 bits per heavy atom. The summed E-state index contributed by atoms with van der Waals surface area (Å²) in [5.74, 6) is -0.108. The monoisotopic (exact) mass is 838 g/mol. The molecule has 0 aliphatic heterocycles. The summed E-state index contributed by atoms with van der Waals surface area (Å²) in [6.07, 6.45) is -0.974. The minimum Gasteiger partial charge on any atom is -0.474 e. The Morgan fingerprint density at radius 3 is 2.33 bits per heavy atom. The highest BCUT2D eigenvalue weighted by Gasteiger charge is 2.55. The van der Waals surface area contributed by atoms with Crippen LogP contribution in [0.5, 0.6) is 5.75 Å². The molecule has 0 aliphatic rings. The molecule has 0 saturated carbocycles. The van der Waals surface area contributed by atoms with Crippen LogP contribution in [-0.4, -0.2) is 31.3 Å². The molecule has 0 fully saturated rings. The summed E-state index contributed by atoms with van der Waals surface area (Å²) in [7, 11) is -3.52. The zero-order valence-corrected chi connectivity index (χ0v) is 32.3. The van der Waals surface area contributed by atoms with E-state index in [-0.39, 0.29) is 24.2 Å². The Morgan fingerprint density at radius 1 is 0.961 bits per heavy atom. The van der Waals surface area contributed by atoms with Gasteiger partial charge < -0.3 is 23.4 Å². The average molecular weight is 841 g/mol. The molecule has 0 N–H and O–H groups in total. The summed E-state index contributed by atoms with van der Waals surface area (Å²) >= 11 is 17.3. The van der Waals surface area contributed by atoms with E-state index in [4.69, 9.17) is 46.7 Å². The fourth-order valence-electron chi connectivity index (χ4n) is 5.07. The quantitative estimate of drug-likeness (QED) is 0.0761. The van der Waals surface area contributed by atoms with Crippen molar-refractivity contribution in [1.82, 2.24) is 4.98 Å².